The fraction of sp³-hybridized carbons (Fsp3) is 0.667. The fourth-order valence-corrected chi connectivity index (χ4v) is 3.55. The summed E-state index contributed by atoms with van der Waals surface area (Å²) in [5.41, 5.74) is 1.77. The zero-order chi connectivity index (χ0) is 12.3. The van der Waals surface area contributed by atoms with E-state index in [-0.39, 0.29) is 12.4 Å². The number of nitrogens with one attached hydrogen (secondary N) is 1. The smallest absolute Gasteiger partial charge is 0.0338 e. The van der Waals surface area contributed by atoms with Gasteiger partial charge in [0.05, 0.1) is 0 Å². The van der Waals surface area contributed by atoms with Gasteiger partial charge in [-0.2, -0.15) is 0 Å². The molecule has 3 nitrogen and oxygen atoms in total. The molecule has 0 radical (unpaired) electrons. The van der Waals surface area contributed by atoms with Gasteiger partial charge in [-0.15, -0.1) is 12.4 Å². The lowest BCUT2D eigenvalue weighted by molar-refractivity contribution is 0.0208. The predicted molar refractivity (Wildman–Crippen MR) is 80.6 cm³/mol. The highest BCUT2D eigenvalue weighted by Crippen LogP contribution is 2.35. The second-order valence-corrected chi connectivity index (χ2v) is 5.74. The van der Waals surface area contributed by atoms with Crippen LogP contribution >= 0.6 is 12.4 Å². The summed E-state index contributed by atoms with van der Waals surface area (Å²) in [6.07, 6.45) is 10.8. The van der Waals surface area contributed by atoms with Crippen LogP contribution in [0.15, 0.2) is 24.5 Å². The van der Waals surface area contributed by atoms with E-state index in [0.717, 1.165) is 13.1 Å². The van der Waals surface area contributed by atoms with E-state index in [0.29, 0.717) is 5.54 Å². The van der Waals surface area contributed by atoms with Crippen molar-refractivity contribution in [3.8, 4) is 0 Å². The van der Waals surface area contributed by atoms with Gasteiger partial charge in [-0.25, -0.2) is 0 Å². The van der Waals surface area contributed by atoms with Crippen LogP contribution in [-0.4, -0.2) is 35.1 Å². The molecule has 0 bridgehead atoms. The minimum Gasteiger partial charge on any atom is -0.314 e. The van der Waals surface area contributed by atoms with Gasteiger partial charge in [-0.05, 0) is 24.5 Å². The Morgan fingerprint density at radius 3 is 2.84 bits per heavy atom. The number of pyridine rings is 1. The third-order valence-electron chi connectivity index (χ3n) is 4.56. The molecular formula is C15H24ClN3. The van der Waals surface area contributed by atoms with Gasteiger partial charge in [0, 0.05) is 44.1 Å². The van der Waals surface area contributed by atoms with Gasteiger partial charge in [0.1, 0.15) is 0 Å². The molecule has 106 valence electrons. The van der Waals surface area contributed by atoms with Gasteiger partial charge in [0.15, 0.2) is 0 Å². The standard InChI is InChI=1S/C15H23N3.ClH/c1-2-6-15(7-3-1)13-17-9-10-18(15)12-14-5-4-8-16-11-14;/h4-5,8,11,17H,1-3,6-7,9-10,12-13H2;1H. The first kappa shape index (κ1) is 14.8. The molecule has 2 heterocycles. The number of hydrogen-bond acceptors (Lipinski definition) is 3. The highest BCUT2D eigenvalue weighted by atomic mass is 35.5. The van der Waals surface area contributed by atoms with E-state index in [4.69, 9.17) is 0 Å². The first-order valence-electron chi connectivity index (χ1n) is 7.24. The molecule has 1 aliphatic heterocycles. The monoisotopic (exact) mass is 281 g/mol. The summed E-state index contributed by atoms with van der Waals surface area (Å²) in [7, 11) is 0. The SMILES string of the molecule is Cl.c1cncc(CN2CCNCC23CCCCC3)c1. The molecule has 1 aromatic heterocycles. The second-order valence-electron chi connectivity index (χ2n) is 5.74. The third-order valence-corrected chi connectivity index (χ3v) is 4.56. The van der Waals surface area contributed by atoms with Crippen molar-refractivity contribution in [3.05, 3.63) is 30.1 Å². The summed E-state index contributed by atoms with van der Waals surface area (Å²) in [5, 5.41) is 3.60. The lowest BCUT2D eigenvalue weighted by Crippen LogP contribution is -2.61. The van der Waals surface area contributed by atoms with Crippen molar-refractivity contribution in [1.82, 2.24) is 15.2 Å². The number of piperazine rings is 1. The van der Waals surface area contributed by atoms with Crippen LogP contribution in [0, 0.1) is 0 Å². The van der Waals surface area contributed by atoms with Crippen LogP contribution in [0.2, 0.25) is 0 Å². The number of hydrogen-bond donors (Lipinski definition) is 1. The molecule has 0 aromatic carbocycles. The topological polar surface area (TPSA) is 28.2 Å². The maximum atomic E-state index is 4.24. The van der Waals surface area contributed by atoms with Gasteiger partial charge in [-0.3, -0.25) is 9.88 Å². The molecule has 1 spiro atoms. The molecule has 1 aliphatic carbocycles. The number of halogens is 1. The summed E-state index contributed by atoms with van der Waals surface area (Å²) < 4.78 is 0. The quantitative estimate of drug-likeness (QED) is 0.903. The van der Waals surface area contributed by atoms with Crippen LogP contribution in [0.5, 0.6) is 0 Å². The van der Waals surface area contributed by atoms with Crippen molar-refractivity contribution in [3.63, 3.8) is 0 Å². The average molecular weight is 282 g/mol. The summed E-state index contributed by atoms with van der Waals surface area (Å²) in [6.45, 7) is 4.54. The van der Waals surface area contributed by atoms with E-state index >= 15 is 0 Å². The highest BCUT2D eigenvalue weighted by Gasteiger charge is 2.39. The maximum Gasteiger partial charge on any atom is 0.0338 e. The van der Waals surface area contributed by atoms with E-state index in [9.17, 15) is 0 Å². The van der Waals surface area contributed by atoms with Crippen molar-refractivity contribution in [2.24, 2.45) is 0 Å². The second kappa shape index (κ2) is 6.69. The van der Waals surface area contributed by atoms with Crippen LogP contribution < -0.4 is 5.32 Å². The van der Waals surface area contributed by atoms with Crippen molar-refractivity contribution in [2.75, 3.05) is 19.6 Å². The average Bonchev–Trinajstić information content (AvgIpc) is 2.44. The molecule has 0 amide bonds. The number of aromatic nitrogens is 1. The molecule has 0 atom stereocenters. The lowest BCUT2D eigenvalue weighted by Gasteiger charge is -2.50. The summed E-state index contributed by atoms with van der Waals surface area (Å²) >= 11 is 0. The first-order valence-corrected chi connectivity index (χ1v) is 7.24. The van der Waals surface area contributed by atoms with Gasteiger partial charge in [0.2, 0.25) is 0 Å². The summed E-state index contributed by atoms with van der Waals surface area (Å²) in [5.74, 6) is 0. The Morgan fingerprint density at radius 1 is 1.26 bits per heavy atom. The minimum absolute atomic E-state index is 0. The molecule has 1 saturated carbocycles. The Kier molecular flexibility index (Phi) is 5.20. The molecule has 0 unspecified atom stereocenters. The van der Waals surface area contributed by atoms with E-state index in [1.165, 1.54) is 50.8 Å². The zero-order valence-corrected chi connectivity index (χ0v) is 12.3. The zero-order valence-electron chi connectivity index (χ0n) is 11.5. The molecule has 1 aromatic rings. The van der Waals surface area contributed by atoms with E-state index < -0.39 is 0 Å². The van der Waals surface area contributed by atoms with Crippen LogP contribution in [-0.2, 0) is 6.54 Å². The van der Waals surface area contributed by atoms with Crippen molar-refractivity contribution >= 4 is 12.4 Å². The Balaban J connectivity index is 0.00000133. The van der Waals surface area contributed by atoms with E-state index in [1.807, 2.05) is 18.5 Å². The van der Waals surface area contributed by atoms with Gasteiger partial charge >= 0.3 is 0 Å². The molecule has 2 aliphatic rings. The first-order chi connectivity index (χ1) is 8.89. The van der Waals surface area contributed by atoms with Gasteiger partial charge in [0.25, 0.3) is 0 Å². The lowest BCUT2D eigenvalue weighted by atomic mass is 9.79. The summed E-state index contributed by atoms with van der Waals surface area (Å²) in [4.78, 5) is 6.95. The third kappa shape index (κ3) is 3.28. The maximum absolute atomic E-state index is 4.24. The Labute approximate surface area is 122 Å². The van der Waals surface area contributed by atoms with Gasteiger partial charge in [-0.1, -0.05) is 25.3 Å². The minimum atomic E-state index is 0. The normalized spacial score (nSPS) is 22.9. The molecule has 4 heteroatoms. The van der Waals surface area contributed by atoms with Crippen molar-refractivity contribution in [2.45, 2.75) is 44.2 Å². The van der Waals surface area contributed by atoms with E-state index in [1.54, 1.807) is 0 Å². The Bertz CT molecular complexity index is 368. The molecular weight excluding hydrogens is 258 g/mol. The largest absolute Gasteiger partial charge is 0.314 e. The molecule has 19 heavy (non-hydrogen) atoms. The van der Waals surface area contributed by atoms with Crippen molar-refractivity contribution in [1.29, 1.82) is 0 Å². The van der Waals surface area contributed by atoms with Crippen LogP contribution in [0.4, 0.5) is 0 Å². The molecule has 1 N–H and O–H groups in total. The predicted octanol–water partition coefficient (Wildman–Crippen LogP) is 2.61. The Hall–Kier alpha value is -0.640. The molecule has 1 saturated heterocycles. The number of nitrogens with zero attached hydrogens (tertiary/aromatic N) is 2. The Morgan fingerprint density at radius 2 is 2.11 bits per heavy atom. The van der Waals surface area contributed by atoms with Crippen LogP contribution in [0.3, 0.4) is 0 Å². The molecule has 3 rings (SSSR count). The van der Waals surface area contributed by atoms with Crippen molar-refractivity contribution < 1.29 is 0 Å². The molecule has 2 fully saturated rings. The van der Waals surface area contributed by atoms with E-state index in [2.05, 4.69) is 21.3 Å². The number of rotatable bonds is 2. The van der Waals surface area contributed by atoms with Crippen LogP contribution in [0.1, 0.15) is 37.7 Å². The highest BCUT2D eigenvalue weighted by molar-refractivity contribution is 5.85. The van der Waals surface area contributed by atoms with Gasteiger partial charge < -0.3 is 5.32 Å². The summed E-state index contributed by atoms with van der Waals surface area (Å²) in [6, 6.07) is 4.25. The van der Waals surface area contributed by atoms with Crippen LogP contribution in [0.25, 0.3) is 0 Å². The fourth-order valence-electron chi connectivity index (χ4n) is 3.55.